The molecule has 1 aromatic heterocycles. The number of amides is 1. The quantitative estimate of drug-likeness (QED) is 0.0810. The van der Waals surface area contributed by atoms with Crippen molar-refractivity contribution in [2.75, 3.05) is 5.75 Å². The number of aliphatic hydroxyl groups is 1. The van der Waals surface area contributed by atoms with Crippen molar-refractivity contribution in [1.82, 2.24) is 20.5 Å². The summed E-state index contributed by atoms with van der Waals surface area (Å²) in [6.07, 6.45) is 4.98. The van der Waals surface area contributed by atoms with Gasteiger partial charge in [-0.15, -0.1) is 0 Å². The van der Waals surface area contributed by atoms with Crippen LogP contribution < -0.4 is 5.32 Å². The van der Waals surface area contributed by atoms with Gasteiger partial charge in [0, 0.05) is 37.1 Å². The number of nitrogens with one attached hydrogen (secondary N) is 2. The van der Waals surface area contributed by atoms with Crippen LogP contribution in [-0.2, 0) is 32.2 Å². The topological polar surface area (TPSA) is 147 Å². The van der Waals surface area contributed by atoms with Gasteiger partial charge in [-0.3, -0.25) is 14.7 Å². The molecule has 3 atom stereocenters. The number of nitrogens with zero attached hydrogens (tertiary/aromatic N) is 2. The Kier molecular flexibility index (Phi) is 12.4. The number of hydrogen-bond donors (Lipinski definition) is 4. The van der Waals surface area contributed by atoms with Crippen LogP contribution in [0, 0.1) is 0 Å². The molecule has 1 fully saturated rings. The number of carbonyl (C=O) groups is 2. The van der Waals surface area contributed by atoms with Crippen LogP contribution >= 0.6 is 11.8 Å². The fourth-order valence-electron chi connectivity index (χ4n) is 5.43. The van der Waals surface area contributed by atoms with Crippen LogP contribution in [0.15, 0.2) is 84.3 Å². The lowest BCUT2D eigenvalue weighted by molar-refractivity contribution is -0.245. The average Bonchev–Trinajstić information content (AvgIpc) is 3.62. The fourth-order valence-corrected chi connectivity index (χ4v) is 6.23. The van der Waals surface area contributed by atoms with Gasteiger partial charge in [0.1, 0.15) is 6.33 Å². The minimum Gasteiger partial charge on any atom is -0.481 e. The minimum absolute atomic E-state index is 0.00653. The molecule has 1 aliphatic rings. The zero-order chi connectivity index (χ0) is 32.1. The Bertz CT molecular complexity index is 1530. The number of unbranched alkanes of at least 4 members (excludes halogenated alkanes) is 3. The molecular weight excluding hydrogens is 604 g/mol. The van der Waals surface area contributed by atoms with Gasteiger partial charge in [-0.1, -0.05) is 97.4 Å². The summed E-state index contributed by atoms with van der Waals surface area (Å²) in [5, 5.41) is 28.8. The van der Waals surface area contributed by atoms with Crippen molar-refractivity contribution in [3.8, 4) is 11.1 Å². The molecule has 5 rings (SSSR count). The highest BCUT2D eigenvalue weighted by Gasteiger charge is 2.32. The number of aliphatic carboxylic acids is 1. The van der Waals surface area contributed by atoms with E-state index in [1.807, 2.05) is 54.6 Å². The molecule has 10 nitrogen and oxygen atoms in total. The van der Waals surface area contributed by atoms with Gasteiger partial charge in [-0.05, 0) is 40.7 Å². The molecular formula is C35H40N4O6S. The van der Waals surface area contributed by atoms with E-state index in [2.05, 4.69) is 38.7 Å². The predicted molar refractivity (Wildman–Crippen MR) is 175 cm³/mol. The number of hydrogen-bond acceptors (Lipinski definition) is 8. The number of ether oxygens (including phenoxy) is 2. The van der Waals surface area contributed by atoms with Crippen LogP contribution in [-0.4, -0.2) is 49.1 Å². The lowest BCUT2D eigenvalue weighted by Gasteiger charge is -2.36. The second kappa shape index (κ2) is 17.0. The van der Waals surface area contributed by atoms with Crippen molar-refractivity contribution in [3.63, 3.8) is 0 Å². The van der Waals surface area contributed by atoms with Gasteiger partial charge >= 0.3 is 5.97 Å². The third-order valence-corrected chi connectivity index (χ3v) is 8.95. The van der Waals surface area contributed by atoms with Crippen molar-refractivity contribution in [2.45, 2.75) is 81.8 Å². The summed E-state index contributed by atoms with van der Waals surface area (Å²) < 4.78 is 12.9. The summed E-state index contributed by atoms with van der Waals surface area (Å²) in [5.41, 5.74) is 5.87. The van der Waals surface area contributed by atoms with E-state index in [1.165, 1.54) is 6.33 Å². The Morgan fingerprint density at radius 3 is 2.37 bits per heavy atom. The lowest BCUT2D eigenvalue weighted by Crippen LogP contribution is -2.31. The molecule has 11 heteroatoms. The van der Waals surface area contributed by atoms with Crippen LogP contribution in [0.4, 0.5) is 0 Å². The zero-order valence-corrected chi connectivity index (χ0v) is 26.5. The Morgan fingerprint density at radius 2 is 1.65 bits per heavy atom. The van der Waals surface area contributed by atoms with Gasteiger partial charge in [0.15, 0.2) is 11.4 Å². The van der Waals surface area contributed by atoms with Crippen LogP contribution in [0.3, 0.4) is 0 Å². The van der Waals surface area contributed by atoms with Gasteiger partial charge in [0.05, 0.1) is 18.8 Å². The van der Waals surface area contributed by atoms with E-state index in [4.69, 9.17) is 14.6 Å². The fraction of sp³-hybridized carbons (Fsp3) is 0.371. The molecule has 4 aromatic rings. The Balaban J connectivity index is 1.22. The molecule has 0 radical (unpaired) electrons. The van der Waals surface area contributed by atoms with Gasteiger partial charge in [0.2, 0.25) is 5.91 Å². The number of aromatic nitrogens is 3. The number of benzene rings is 3. The van der Waals surface area contributed by atoms with Crippen LogP contribution in [0.5, 0.6) is 0 Å². The number of H-pyrrole nitrogens is 1. The van der Waals surface area contributed by atoms with E-state index >= 15 is 0 Å². The number of aliphatic hydroxyl groups excluding tert-OH is 1. The van der Waals surface area contributed by atoms with Crippen molar-refractivity contribution >= 4 is 23.6 Å². The highest BCUT2D eigenvalue weighted by atomic mass is 32.2. The summed E-state index contributed by atoms with van der Waals surface area (Å²) in [7, 11) is 0. The van der Waals surface area contributed by atoms with Crippen LogP contribution in [0.1, 0.15) is 79.6 Å². The molecule has 0 bridgehead atoms. The molecule has 242 valence electrons. The monoisotopic (exact) mass is 644 g/mol. The van der Waals surface area contributed by atoms with Crippen molar-refractivity contribution in [1.29, 1.82) is 0 Å². The first-order valence-electron chi connectivity index (χ1n) is 15.6. The molecule has 46 heavy (non-hydrogen) atoms. The number of carboxylic acid groups (broad SMARTS) is 1. The van der Waals surface area contributed by atoms with E-state index < -0.39 is 12.3 Å². The summed E-state index contributed by atoms with van der Waals surface area (Å²) in [6, 6.07) is 24.0. The smallest absolute Gasteiger partial charge is 0.303 e. The van der Waals surface area contributed by atoms with Crippen molar-refractivity contribution < 1.29 is 29.3 Å². The number of rotatable bonds is 16. The standard InChI is InChI=1S/C35H40N4O6S/c40-21-24-11-13-26(14-12-24)31-19-29(22-46-35-37-23-38-39-35)44-34(45-31)27-17-15-25(16-18-27)30-8-6-5-7-28(30)20-36-32(41)9-3-1-2-4-10-33(42)43/h5-8,11-18,23,29,31,34,40H,1-4,9-10,19-22H2,(H,36,41)(H,42,43)(H,37,38,39)/t29-,31+,34+/m1/s1. The second-order valence-corrected chi connectivity index (χ2v) is 12.3. The number of thioether (sulfide) groups is 1. The highest BCUT2D eigenvalue weighted by molar-refractivity contribution is 7.99. The predicted octanol–water partition coefficient (Wildman–Crippen LogP) is 6.34. The first-order chi connectivity index (χ1) is 22.5. The Labute approximate surface area is 272 Å². The summed E-state index contributed by atoms with van der Waals surface area (Å²) in [4.78, 5) is 27.3. The Morgan fingerprint density at radius 1 is 0.913 bits per heavy atom. The third kappa shape index (κ3) is 9.73. The average molecular weight is 645 g/mol. The van der Waals surface area contributed by atoms with Gasteiger partial charge < -0.3 is 25.0 Å². The molecule has 2 heterocycles. The highest BCUT2D eigenvalue weighted by Crippen LogP contribution is 2.39. The van der Waals surface area contributed by atoms with E-state index in [0.717, 1.165) is 57.8 Å². The normalized spacial score (nSPS) is 17.9. The number of carbonyl (C=O) groups excluding carboxylic acids is 1. The van der Waals surface area contributed by atoms with Crippen molar-refractivity contribution in [2.24, 2.45) is 0 Å². The molecule has 3 aromatic carbocycles. The maximum atomic E-state index is 12.5. The Hall–Kier alpha value is -4.03. The second-order valence-electron chi connectivity index (χ2n) is 11.3. The molecule has 0 spiro atoms. The maximum absolute atomic E-state index is 12.5. The number of aromatic amines is 1. The molecule has 4 N–H and O–H groups in total. The van der Waals surface area contributed by atoms with Gasteiger partial charge in [0.25, 0.3) is 0 Å². The van der Waals surface area contributed by atoms with E-state index in [1.54, 1.807) is 11.8 Å². The van der Waals surface area contributed by atoms with E-state index in [-0.39, 0.29) is 31.1 Å². The summed E-state index contributed by atoms with van der Waals surface area (Å²) in [6.45, 7) is 0.416. The van der Waals surface area contributed by atoms with E-state index in [0.29, 0.717) is 31.6 Å². The molecule has 1 saturated heterocycles. The lowest BCUT2D eigenvalue weighted by atomic mass is 9.97. The van der Waals surface area contributed by atoms with Crippen LogP contribution in [0.25, 0.3) is 11.1 Å². The molecule has 1 amide bonds. The SMILES string of the molecule is O=C(O)CCCCCCC(=O)NCc1ccccc1-c1ccc([C@H]2O[C@@H](CSc3ncn[nH]3)C[C@@H](c3ccc(CO)cc3)O2)cc1. The van der Waals surface area contributed by atoms with Crippen molar-refractivity contribution in [3.05, 3.63) is 101 Å². The third-order valence-electron chi connectivity index (χ3n) is 7.95. The van der Waals surface area contributed by atoms with Gasteiger partial charge in [-0.25, -0.2) is 4.98 Å². The van der Waals surface area contributed by atoms with Gasteiger partial charge in [-0.2, -0.15) is 5.10 Å². The number of carboxylic acids is 1. The first kappa shape index (κ1) is 33.3. The minimum atomic E-state index is -0.778. The van der Waals surface area contributed by atoms with Crippen LogP contribution in [0.2, 0.25) is 0 Å². The maximum Gasteiger partial charge on any atom is 0.303 e. The first-order valence-corrected chi connectivity index (χ1v) is 16.6. The molecule has 0 unspecified atom stereocenters. The largest absolute Gasteiger partial charge is 0.481 e. The zero-order valence-electron chi connectivity index (χ0n) is 25.6. The molecule has 0 aliphatic carbocycles. The summed E-state index contributed by atoms with van der Waals surface area (Å²) >= 11 is 1.56. The molecule has 1 aliphatic heterocycles. The summed E-state index contributed by atoms with van der Waals surface area (Å²) in [5.74, 6) is -0.103. The molecule has 0 saturated carbocycles. The van der Waals surface area contributed by atoms with E-state index in [9.17, 15) is 14.7 Å².